The fourth-order valence-corrected chi connectivity index (χ4v) is 4.61. The molecule has 0 radical (unpaired) electrons. The minimum atomic E-state index is -0.703. The van der Waals surface area contributed by atoms with E-state index in [-0.39, 0.29) is 56.1 Å². The van der Waals surface area contributed by atoms with E-state index in [0.717, 1.165) is 12.1 Å². The summed E-state index contributed by atoms with van der Waals surface area (Å²) in [5.41, 5.74) is 1.27. The molecule has 4 heterocycles. The van der Waals surface area contributed by atoms with Crippen LogP contribution in [0.5, 0.6) is 11.8 Å². The predicted octanol–water partition coefficient (Wildman–Crippen LogP) is 3.00. The molecule has 0 bridgehead atoms. The SMILES string of the molecule is CCOCCOc1cc(F)c(CCc2nc3nc(O[C@@H]4CO[C@H]5[C@@H]4OC[C@H]5O)[nH]c3cc2Cl)c(F)c1. The normalized spacial score (nSPS) is 23.4. The minimum Gasteiger partial charge on any atom is -0.491 e. The number of nitrogens with one attached hydrogen (secondary N) is 1. The number of H-pyrrole nitrogens is 1. The number of imidazole rings is 1. The lowest BCUT2D eigenvalue weighted by Crippen LogP contribution is -2.34. The van der Waals surface area contributed by atoms with Crippen LogP contribution < -0.4 is 9.47 Å². The number of benzene rings is 1. The van der Waals surface area contributed by atoms with Crippen LogP contribution in [0.4, 0.5) is 8.78 Å². The number of aromatic amines is 1. The summed E-state index contributed by atoms with van der Waals surface area (Å²) in [6.45, 7) is 3.38. The van der Waals surface area contributed by atoms with Gasteiger partial charge in [-0.1, -0.05) is 11.6 Å². The average molecular weight is 526 g/mol. The number of aliphatic hydroxyl groups excluding tert-OH is 1. The van der Waals surface area contributed by atoms with Gasteiger partial charge in [0, 0.05) is 24.3 Å². The van der Waals surface area contributed by atoms with Crippen molar-refractivity contribution in [1.29, 1.82) is 0 Å². The van der Waals surface area contributed by atoms with Crippen molar-refractivity contribution in [2.75, 3.05) is 33.0 Å². The van der Waals surface area contributed by atoms with Crippen molar-refractivity contribution in [2.24, 2.45) is 0 Å². The highest BCUT2D eigenvalue weighted by atomic mass is 35.5. The van der Waals surface area contributed by atoms with Crippen molar-refractivity contribution in [3.05, 3.63) is 46.1 Å². The Labute approximate surface area is 210 Å². The van der Waals surface area contributed by atoms with E-state index in [1.807, 2.05) is 6.92 Å². The van der Waals surface area contributed by atoms with Crippen LogP contribution in [-0.4, -0.2) is 77.5 Å². The summed E-state index contributed by atoms with van der Waals surface area (Å²) in [7, 11) is 0. The van der Waals surface area contributed by atoms with Crippen LogP contribution >= 0.6 is 11.6 Å². The van der Waals surface area contributed by atoms with Gasteiger partial charge in [-0.2, -0.15) is 4.98 Å². The fourth-order valence-electron chi connectivity index (χ4n) is 4.36. The van der Waals surface area contributed by atoms with Gasteiger partial charge in [0.1, 0.15) is 42.3 Å². The number of aromatic nitrogens is 3. The van der Waals surface area contributed by atoms with Crippen LogP contribution in [0.25, 0.3) is 11.2 Å². The monoisotopic (exact) mass is 525 g/mol. The highest BCUT2D eigenvalue weighted by Crippen LogP contribution is 2.30. The summed E-state index contributed by atoms with van der Waals surface area (Å²) in [5.74, 6) is -1.30. The molecule has 194 valence electrons. The molecule has 0 spiro atoms. The number of hydrogen-bond donors (Lipinski definition) is 2. The first-order chi connectivity index (χ1) is 17.4. The lowest BCUT2D eigenvalue weighted by molar-refractivity contribution is 0.00706. The topological polar surface area (TPSA) is 108 Å². The molecule has 3 aromatic rings. The second-order valence-corrected chi connectivity index (χ2v) is 8.97. The van der Waals surface area contributed by atoms with E-state index in [1.54, 1.807) is 6.07 Å². The Morgan fingerprint density at radius 1 is 1.08 bits per heavy atom. The van der Waals surface area contributed by atoms with Gasteiger partial charge in [-0.3, -0.25) is 0 Å². The first-order valence-corrected chi connectivity index (χ1v) is 12.1. The number of rotatable bonds is 10. The van der Waals surface area contributed by atoms with Gasteiger partial charge in [0.25, 0.3) is 6.01 Å². The number of nitrogens with zero attached hydrogens (tertiary/aromatic N) is 2. The second kappa shape index (κ2) is 10.8. The third kappa shape index (κ3) is 5.25. The number of ether oxygens (including phenoxy) is 5. The summed E-state index contributed by atoms with van der Waals surface area (Å²) in [4.78, 5) is 11.8. The number of pyridine rings is 1. The van der Waals surface area contributed by atoms with Crippen molar-refractivity contribution in [3.8, 4) is 11.8 Å². The standard InChI is InChI=1S/C24H26ClF2N3O6/c1-2-32-5-6-33-12-7-15(26)13(16(27)8-12)3-4-17-14(25)9-18-23(28-17)30-24(29-18)36-20-11-35-21-19(31)10-34-22(20)21/h7-9,19-22,31H,2-6,10-11H2,1H3,(H,28,29,30)/t19-,20-,21-,22-/m1/s1. The van der Waals surface area contributed by atoms with Crippen LogP contribution in [0.1, 0.15) is 18.2 Å². The Morgan fingerprint density at radius 2 is 1.86 bits per heavy atom. The van der Waals surface area contributed by atoms with Crippen LogP contribution in [-0.2, 0) is 27.1 Å². The average Bonchev–Trinajstić information content (AvgIpc) is 3.53. The zero-order valence-corrected chi connectivity index (χ0v) is 20.3. The van der Waals surface area contributed by atoms with Gasteiger partial charge in [0.15, 0.2) is 11.8 Å². The maximum absolute atomic E-state index is 14.6. The van der Waals surface area contributed by atoms with Crippen molar-refractivity contribution in [3.63, 3.8) is 0 Å². The molecule has 2 saturated heterocycles. The number of fused-ring (bicyclic) bond motifs is 2. The Hall–Kier alpha value is -2.57. The molecule has 5 rings (SSSR count). The molecular weight excluding hydrogens is 500 g/mol. The molecule has 2 fully saturated rings. The molecule has 36 heavy (non-hydrogen) atoms. The number of halogens is 3. The van der Waals surface area contributed by atoms with Crippen LogP contribution in [0.2, 0.25) is 5.02 Å². The van der Waals surface area contributed by atoms with Gasteiger partial charge in [-0.15, -0.1) is 0 Å². The first kappa shape index (κ1) is 25.1. The molecule has 2 aliphatic rings. The summed E-state index contributed by atoms with van der Waals surface area (Å²) < 4.78 is 56.7. The maximum atomic E-state index is 14.6. The highest BCUT2D eigenvalue weighted by Gasteiger charge is 2.48. The molecule has 2 N–H and O–H groups in total. The second-order valence-electron chi connectivity index (χ2n) is 8.56. The van der Waals surface area contributed by atoms with E-state index in [9.17, 15) is 13.9 Å². The molecule has 0 saturated carbocycles. The molecule has 4 atom stereocenters. The lowest BCUT2D eigenvalue weighted by atomic mass is 10.1. The molecule has 0 aliphatic carbocycles. The largest absolute Gasteiger partial charge is 0.491 e. The Balaban J connectivity index is 1.25. The van der Waals surface area contributed by atoms with Gasteiger partial charge in [0.2, 0.25) is 0 Å². The molecular formula is C24H26ClF2N3O6. The van der Waals surface area contributed by atoms with Crippen molar-refractivity contribution in [2.45, 2.75) is 44.2 Å². The third-order valence-corrected chi connectivity index (χ3v) is 6.48. The van der Waals surface area contributed by atoms with Crippen molar-refractivity contribution >= 4 is 22.8 Å². The molecule has 0 amide bonds. The first-order valence-electron chi connectivity index (χ1n) is 11.7. The molecule has 2 aliphatic heterocycles. The fraction of sp³-hybridized carbons (Fsp3) is 0.500. The quantitative estimate of drug-likeness (QED) is 0.389. The van der Waals surface area contributed by atoms with E-state index < -0.39 is 29.9 Å². The Kier molecular flexibility index (Phi) is 7.54. The maximum Gasteiger partial charge on any atom is 0.296 e. The van der Waals surface area contributed by atoms with E-state index in [0.29, 0.717) is 35.1 Å². The van der Waals surface area contributed by atoms with Gasteiger partial charge in [-0.25, -0.2) is 13.8 Å². The molecule has 9 nitrogen and oxygen atoms in total. The zero-order valence-electron chi connectivity index (χ0n) is 19.5. The van der Waals surface area contributed by atoms with Crippen LogP contribution in [0.15, 0.2) is 18.2 Å². The van der Waals surface area contributed by atoms with Crippen molar-refractivity contribution < 1.29 is 37.6 Å². The lowest BCUT2D eigenvalue weighted by Gasteiger charge is -2.15. The van der Waals surface area contributed by atoms with E-state index in [4.69, 9.17) is 35.3 Å². The third-order valence-electron chi connectivity index (χ3n) is 6.15. The molecule has 1 aromatic carbocycles. The van der Waals surface area contributed by atoms with Crippen molar-refractivity contribution in [1.82, 2.24) is 15.0 Å². The molecule has 12 heteroatoms. The number of aryl methyl sites for hydroxylation is 1. The molecule has 2 aromatic heterocycles. The minimum absolute atomic E-state index is 0.0467. The van der Waals surface area contributed by atoms with Gasteiger partial charge >= 0.3 is 0 Å². The van der Waals surface area contributed by atoms with E-state index in [2.05, 4.69) is 15.0 Å². The predicted molar refractivity (Wildman–Crippen MR) is 125 cm³/mol. The van der Waals surface area contributed by atoms with Gasteiger partial charge in [-0.05, 0) is 25.8 Å². The molecule has 0 unspecified atom stereocenters. The number of hydrogen-bond acceptors (Lipinski definition) is 8. The van der Waals surface area contributed by atoms with Crippen LogP contribution in [0.3, 0.4) is 0 Å². The van der Waals surface area contributed by atoms with Gasteiger partial charge < -0.3 is 33.8 Å². The zero-order chi connectivity index (χ0) is 25.2. The number of aliphatic hydroxyl groups is 1. The highest BCUT2D eigenvalue weighted by molar-refractivity contribution is 6.31. The smallest absolute Gasteiger partial charge is 0.296 e. The van der Waals surface area contributed by atoms with Gasteiger partial charge in [0.05, 0.1) is 36.1 Å². The summed E-state index contributed by atoms with van der Waals surface area (Å²) in [5, 5.41) is 10.2. The Bertz CT molecular complexity index is 1210. The summed E-state index contributed by atoms with van der Waals surface area (Å²) >= 11 is 6.39. The summed E-state index contributed by atoms with van der Waals surface area (Å²) in [6, 6.07) is 4.17. The van der Waals surface area contributed by atoms with E-state index in [1.165, 1.54) is 0 Å². The Morgan fingerprint density at radius 3 is 2.64 bits per heavy atom. The van der Waals surface area contributed by atoms with E-state index >= 15 is 0 Å². The summed E-state index contributed by atoms with van der Waals surface area (Å²) in [6.07, 6.45) is -1.67. The van der Waals surface area contributed by atoms with Crippen LogP contribution in [0, 0.1) is 11.6 Å².